The zero-order valence-corrected chi connectivity index (χ0v) is 12.9. The molecule has 1 atom stereocenters. The molecule has 0 aromatic heterocycles. The Kier molecular flexibility index (Phi) is 5.86. The Labute approximate surface area is 123 Å². The summed E-state index contributed by atoms with van der Waals surface area (Å²) in [4.78, 5) is 22.2. The predicted molar refractivity (Wildman–Crippen MR) is 77.8 cm³/mol. The van der Waals surface area contributed by atoms with Crippen molar-refractivity contribution >= 4 is 46.0 Å². The van der Waals surface area contributed by atoms with Crippen LogP contribution in [0.25, 0.3) is 0 Å². The highest BCUT2D eigenvalue weighted by atomic mass is 127. The largest absolute Gasteiger partial charge is 0.469 e. The van der Waals surface area contributed by atoms with Crippen molar-refractivity contribution < 1.29 is 14.5 Å². The lowest BCUT2D eigenvalue weighted by Crippen LogP contribution is -2.08. The molecule has 0 aliphatic heterocycles. The van der Waals surface area contributed by atoms with E-state index in [1.807, 2.05) is 29.5 Å². The van der Waals surface area contributed by atoms with Gasteiger partial charge < -0.3 is 4.74 Å². The molecule has 0 radical (unpaired) electrons. The molecule has 0 bridgehead atoms. The molecule has 0 aliphatic carbocycles. The van der Waals surface area contributed by atoms with E-state index in [2.05, 4.69) is 4.74 Å². The van der Waals surface area contributed by atoms with Gasteiger partial charge in [0.2, 0.25) is 0 Å². The molecule has 1 aromatic rings. The number of nitrogens with zero attached hydrogens (tertiary/aromatic N) is 1. The molecule has 0 amide bonds. The first-order valence-electron chi connectivity index (χ1n) is 5.11. The molecule has 1 rings (SSSR count). The first kappa shape index (κ1) is 15.2. The van der Waals surface area contributed by atoms with Crippen LogP contribution in [-0.4, -0.2) is 23.3 Å². The minimum absolute atomic E-state index is 0.0728. The average Bonchev–Trinajstić information content (AvgIpc) is 2.30. The lowest BCUT2D eigenvalue weighted by molar-refractivity contribution is -0.387. The standard InChI is InChI=1S/C11H12INO4S/c1-7(5-11(14)17-2)18-10-4-3-8(12)6-9(10)13(15)16/h3-4,6-7H,5H2,1-2H3. The fraction of sp³-hybridized carbons (Fsp3) is 0.364. The number of hydrogen-bond acceptors (Lipinski definition) is 5. The van der Waals surface area contributed by atoms with Crippen molar-refractivity contribution in [2.24, 2.45) is 0 Å². The van der Waals surface area contributed by atoms with Crippen molar-refractivity contribution in [3.8, 4) is 0 Å². The van der Waals surface area contributed by atoms with E-state index in [0.717, 1.165) is 3.57 Å². The van der Waals surface area contributed by atoms with E-state index in [9.17, 15) is 14.9 Å². The Morgan fingerprint density at radius 1 is 1.61 bits per heavy atom. The van der Waals surface area contributed by atoms with E-state index in [-0.39, 0.29) is 23.3 Å². The predicted octanol–water partition coefficient (Wildman–Crippen LogP) is 3.24. The number of carbonyl (C=O) groups excluding carboxylic acids is 1. The molecule has 1 aromatic carbocycles. The van der Waals surface area contributed by atoms with E-state index in [1.54, 1.807) is 12.1 Å². The normalized spacial score (nSPS) is 11.9. The van der Waals surface area contributed by atoms with Gasteiger partial charge in [0.05, 0.1) is 23.3 Å². The molecule has 7 heteroatoms. The summed E-state index contributed by atoms with van der Waals surface area (Å²) >= 11 is 3.33. The number of halogens is 1. The molecule has 0 heterocycles. The second-order valence-electron chi connectivity index (χ2n) is 3.58. The summed E-state index contributed by atoms with van der Waals surface area (Å²) in [5.74, 6) is -0.317. The molecule has 0 aliphatic rings. The Hall–Kier alpha value is -0.830. The first-order chi connectivity index (χ1) is 8.43. The minimum atomic E-state index is -0.407. The van der Waals surface area contributed by atoms with Crippen LogP contribution in [0.1, 0.15) is 13.3 Å². The number of benzene rings is 1. The summed E-state index contributed by atoms with van der Waals surface area (Å²) in [7, 11) is 1.33. The topological polar surface area (TPSA) is 69.4 Å². The van der Waals surface area contributed by atoms with Crippen molar-refractivity contribution in [2.75, 3.05) is 7.11 Å². The molecule has 0 spiro atoms. The molecular weight excluding hydrogens is 369 g/mol. The summed E-state index contributed by atoms with van der Waals surface area (Å²) in [6.07, 6.45) is 0.226. The molecule has 0 saturated carbocycles. The molecule has 1 unspecified atom stereocenters. The number of carbonyl (C=O) groups is 1. The van der Waals surface area contributed by atoms with Crippen LogP contribution in [0, 0.1) is 13.7 Å². The molecular formula is C11H12INO4S. The zero-order valence-electron chi connectivity index (χ0n) is 9.88. The summed E-state index contributed by atoms with van der Waals surface area (Å²) in [6.45, 7) is 1.84. The van der Waals surface area contributed by atoms with Gasteiger partial charge in [0.15, 0.2) is 0 Å². The van der Waals surface area contributed by atoms with Gasteiger partial charge in [-0.15, -0.1) is 11.8 Å². The zero-order chi connectivity index (χ0) is 13.7. The van der Waals surface area contributed by atoms with Crippen LogP contribution in [0.2, 0.25) is 0 Å². The number of ether oxygens (including phenoxy) is 1. The lowest BCUT2D eigenvalue weighted by atomic mass is 10.3. The number of esters is 1. The highest BCUT2D eigenvalue weighted by Crippen LogP contribution is 2.34. The van der Waals surface area contributed by atoms with Crippen LogP contribution >= 0.6 is 34.4 Å². The van der Waals surface area contributed by atoms with Gasteiger partial charge >= 0.3 is 5.97 Å². The smallest absolute Gasteiger partial charge is 0.306 e. The second-order valence-corrected chi connectivity index (χ2v) is 6.30. The van der Waals surface area contributed by atoms with Crippen molar-refractivity contribution in [1.82, 2.24) is 0 Å². The van der Waals surface area contributed by atoms with Gasteiger partial charge in [0.25, 0.3) is 5.69 Å². The molecule has 0 fully saturated rings. The van der Waals surface area contributed by atoms with Crippen molar-refractivity contribution in [3.05, 3.63) is 31.9 Å². The van der Waals surface area contributed by atoms with Gasteiger partial charge in [0.1, 0.15) is 0 Å². The third-order valence-electron chi connectivity index (χ3n) is 2.13. The number of hydrogen-bond donors (Lipinski definition) is 0. The average molecular weight is 381 g/mol. The Balaban J connectivity index is 2.84. The van der Waals surface area contributed by atoms with E-state index in [1.165, 1.54) is 24.9 Å². The summed E-state index contributed by atoms with van der Waals surface area (Å²) < 4.78 is 5.38. The quantitative estimate of drug-likeness (QED) is 0.258. The highest BCUT2D eigenvalue weighted by Gasteiger charge is 2.18. The third kappa shape index (κ3) is 4.45. The minimum Gasteiger partial charge on any atom is -0.469 e. The Bertz CT molecular complexity index is 466. The van der Waals surface area contributed by atoms with Gasteiger partial charge in [0, 0.05) is 14.9 Å². The number of rotatable bonds is 5. The second kappa shape index (κ2) is 6.93. The number of methoxy groups -OCH3 is 1. The molecule has 0 saturated heterocycles. The fourth-order valence-electron chi connectivity index (χ4n) is 1.31. The Morgan fingerprint density at radius 3 is 2.83 bits per heavy atom. The highest BCUT2D eigenvalue weighted by molar-refractivity contribution is 14.1. The number of nitro groups is 1. The van der Waals surface area contributed by atoms with Crippen molar-refractivity contribution in [1.29, 1.82) is 0 Å². The van der Waals surface area contributed by atoms with Crippen LogP contribution in [-0.2, 0) is 9.53 Å². The van der Waals surface area contributed by atoms with Crippen molar-refractivity contribution in [3.63, 3.8) is 0 Å². The Morgan fingerprint density at radius 2 is 2.28 bits per heavy atom. The maximum Gasteiger partial charge on any atom is 0.306 e. The van der Waals surface area contributed by atoms with Crippen LogP contribution in [0.15, 0.2) is 23.1 Å². The summed E-state index contributed by atoms with van der Waals surface area (Å²) in [6, 6.07) is 5.03. The van der Waals surface area contributed by atoms with Crippen LogP contribution in [0.5, 0.6) is 0 Å². The van der Waals surface area contributed by atoms with Gasteiger partial charge in [-0.25, -0.2) is 0 Å². The summed E-state index contributed by atoms with van der Waals surface area (Å²) in [5, 5.41) is 10.9. The van der Waals surface area contributed by atoms with Gasteiger partial charge in [-0.3, -0.25) is 14.9 Å². The van der Waals surface area contributed by atoms with E-state index < -0.39 is 4.92 Å². The first-order valence-corrected chi connectivity index (χ1v) is 7.07. The maximum absolute atomic E-state index is 11.1. The summed E-state index contributed by atoms with van der Waals surface area (Å²) in [5.41, 5.74) is 0.0728. The van der Waals surface area contributed by atoms with Crippen LogP contribution in [0.3, 0.4) is 0 Å². The number of nitro benzene ring substituents is 1. The molecule has 18 heavy (non-hydrogen) atoms. The van der Waals surface area contributed by atoms with Gasteiger partial charge in [-0.05, 0) is 34.7 Å². The third-order valence-corrected chi connectivity index (χ3v) is 3.97. The fourth-order valence-corrected chi connectivity index (χ4v) is 2.84. The SMILES string of the molecule is COC(=O)CC(C)Sc1ccc(I)cc1[N+](=O)[O-]. The maximum atomic E-state index is 11.1. The number of thioether (sulfide) groups is 1. The van der Waals surface area contributed by atoms with E-state index in [0.29, 0.717) is 4.90 Å². The van der Waals surface area contributed by atoms with Gasteiger partial charge in [-0.1, -0.05) is 6.92 Å². The molecule has 98 valence electrons. The van der Waals surface area contributed by atoms with Crippen LogP contribution < -0.4 is 0 Å². The van der Waals surface area contributed by atoms with Crippen LogP contribution in [0.4, 0.5) is 5.69 Å². The van der Waals surface area contributed by atoms with E-state index >= 15 is 0 Å². The van der Waals surface area contributed by atoms with E-state index in [4.69, 9.17) is 0 Å². The molecule has 5 nitrogen and oxygen atoms in total. The van der Waals surface area contributed by atoms with Crippen molar-refractivity contribution in [2.45, 2.75) is 23.5 Å². The molecule has 0 N–H and O–H groups in total. The monoisotopic (exact) mass is 381 g/mol. The van der Waals surface area contributed by atoms with Gasteiger partial charge in [-0.2, -0.15) is 0 Å². The lowest BCUT2D eigenvalue weighted by Gasteiger charge is -2.10.